The third-order valence-corrected chi connectivity index (χ3v) is 0.683. The predicted octanol–water partition coefficient (Wildman–Crippen LogP) is -0.739. The van der Waals surface area contributed by atoms with Crippen molar-refractivity contribution in [3.05, 3.63) is 16.5 Å². The molecule has 5 heteroatoms. The number of nitro groups is 1. The van der Waals surface area contributed by atoms with Crippen molar-refractivity contribution in [2.24, 2.45) is 5.10 Å². The van der Waals surface area contributed by atoms with Gasteiger partial charge in [0.1, 0.15) is 6.42 Å². The molecule has 1 heterocycles. The fourth-order valence-corrected chi connectivity index (χ4v) is 0.378. The summed E-state index contributed by atoms with van der Waals surface area (Å²) in [7, 11) is 0. The van der Waals surface area contributed by atoms with Gasteiger partial charge in [-0.25, -0.2) is 5.43 Å². The maximum Gasteiger partial charge on any atom is 0.374 e. The number of rotatable bonds is 0. The maximum atomic E-state index is 9.77. The summed E-state index contributed by atoms with van der Waals surface area (Å²) in [4.78, 5) is 9.19. The molecule has 0 aromatic carbocycles. The second kappa shape index (κ2) is 1.77. The summed E-state index contributed by atoms with van der Waals surface area (Å²) in [5, 5.41) is 13.1. The van der Waals surface area contributed by atoms with Crippen molar-refractivity contribution < 1.29 is 4.92 Å². The van der Waals surface area contributed by atoms with Crippen LogP contribution in [0.25, 0.3) is 0 Å². The zero-order valence-electron chi connectivity index (χ0n) is 3.92. The zero-order valence-corrected chi connectivity index (χ0v) is 3.92. The van der Waals surface area contributed by atoms with Gasteiger partial charge >= 0.3 is 5.84 Å². The number of hydrazone groups is 1. The van der Waals surface area contributed by atoms with E-state index < -0.39 is 4.92 Å². The standard InChI is InChI=1S/C3H3N3O2/c7-6(8)3-1-2-4-5-3/h4H,2H2. The minimum absolute atomic E-state index is 0.218. The molecule has 0 amide bonds. The van der Waals surface area contributed by atoms with Crippen LogP contribution in [0.1, 0.15) is 0 Å². The molecule has 0 aliphatic carbocycles. The summed E-state index contributed by atoms with van der Waals surface area (Å²) >= 11 is 0. The smallest absolute Gasteiger partial charge is 0.358 e. The van der Waals surface area contributed by atoms with Gasteiger partial charge in [-0.3, -0.25) is 0 Å². The van der Waals surface area contributed by atoms with E-state index in [0.717, 1.165) is 0 Å². The van der Waals surface area contributed by atoms with Crippen LogP contribution >= 0.6 is 0 Å². The van der Waals surface area contributed by atoms with E-state index in [1.165, 1.54) is 0 Å². The Hall–Kier alpha value is -1.13. The highest BCUT2D eigenvalue weighted by molar-refractivity contribution is 5.84. The molecule has 0 saturated heterocycles. The van der Waals surface area contributed by atoms with Crippen LogP contribution in [0.2, 0.25) is 0 Å². The maximum absolute atomic E-state index is 9.77. The third-order valence-electron chi connectivity index (χ3n) is 0.683. The van der Waals surface area contributed by atoms with E-state index in [4.69, 9.17) is 0 Å². The lowest BCUT2D eigenvalue weighted by atomic mass is 10.4. The Morgan fingerprint density at radius 2 is 2.75 bits per heavy atom. The molecule has 0 atom stereocenters. The van der Waals surface area contributed by atoms with Gasteiger partial charge in [0.15, 0.2) is 0 Å². The molecule has 42 valence electrons. The van der Waals surface area contributed by atoms with Crippen molar-refractivity contribution in [1.29, 1.82) is 0 Å². The number of hydrogen-bond acceptors (Lipinski definition) is 4. The van der Waals surface area contributed by atoms with E-state index in [1.54, 1.807) is 0 Å². The van der Waals surface area contributed by atoms with Crippen LogP contribution in [0.15, 0.2) is 5.10 Å². The summed E-state index contributed by atoms with van der Waals surface area (Å²) in [6.45, 7) is 0.344. The Morgan fingerprint density at radius 1 is 2.00 bits per heavy atom. The van der Waals surface area contributed by atoms with Gasteiger partial charge in [-0.15, -0.1) is 0 Å². The van der Waals surface area contributed by atoms with Crippen molar-refractivity contribution >= 4 is 5.84 Å². The van der Waals surface area contributed by atoms with E-state index in [9.17, 15) is 10.1 Å². The average molecular weight is 113 g/mol. The first-order valence-electron chi connectivity index (χ1n) is 1.99. The Bertz CT molecular complexity index is 141. The monoisotopic (exact) mass is 113 g/mol. The first-order chi connectivity index (χ1) is 3.80. The van der Waals surface area contributed by atoms with Crippen molar-refractivity contribution in [1.82, 2.24) is 5.43 Å². The third kappa shape index (κ3) is 0.749. The molecule has 0 saturated carbocycles. The SMILES string of the molecule is O=[N+]([O-])C1=NNC[C]1. The lowest BCUT2D eigenvalue weighted by Gasteiger charge is -1.83. The second-order valence-electron chi connectivity index (χ2n) is 1.20. The predicted molar refractivity (Wildman–Crippen MR) is 25.7 cm³/mol. The zero-order chi connectivity index (χ0) is 5.98. The van der Waals surface area contributed by atoms with Gasteiger partial charge in [-0.2, -0.15) is 0 Å². The molecule has 5 nitrogen and oxygen atoms in total. The normalized spacial score (nSPS) is 17.2. The highest BCUT2D eigenvalue weighted by Gasteiger charge is 2.18. The van der Waals surface area contributed by atoms with E-state index in [2.05, 4.69) is 16.9 Å². The largest absolute Gasteiger partial charge is 0.374 e. The molecule has 0 spiro atoms. The fourth-order valence-electron chi connectivity index (χ4n) is 0.378. The summed E-state index contributed by atoms with van der Waals surface area (Å²) in [6.07, 6.45) is 2.40. The number of nitrogens with one attached hydrogen (secondary N) is 1. The van der Waals surface area contributed by atoms with E-state index >= 15 is 0 Å². The summed E-state index contributed by atoms with van der Waals surface area (Å²) < 4.78 is 0. The molecule has 0 aromatic heterocycles. The molecular weight excluding hydrogens is 110 g/mol. The molecule has 1 rings (SSSR count). The van der Waals surface area contributed by atoms with Gasteiger partial charge in [0.05, 0.1) is 6.54 Å². The molecule has 0 aromatic rings. The Morgan fingerprint density at radius 3 is 3.00 bits per heavy atom. The Balaban J connectivity index is 2.57. The van der Waals surface area contributed by atoms with Gasteiger partial charge in [0, 0.05) is 5.10 Å². The van der Waals surface area contributed by atoms with Gasteiger partial charge in [0.2, 0.25) is 0 Å². The van der Waals surface area contributed by atoms with Crippen LogP contribution < -0.4 is 5.43 Å². The number of nitrogens with zero attached hydrogens (tertiary/aromatic N) is 2. The summed E-state index contributed by atoms with van der Waals surface area (Å²) in [5.74, 6) is -0.218. The van der Waals surface area contributed by atoms with Crippen LogP contribution in [-0.4, -0.2) is 17.3 Å². The van der Waals surface area contributed by atoms with E-state index in [1.807, 2.05) is 0 Å². The Kier molecular flexibility index (Phi) is 1.11. The minimum atomic E-state index is -0.583. The lowest BCUT2D eigenvalue weighted by Crippen LogP contribution is -2.08. The molecule has 0 fully saturated rings. The first-order valence-corrected chi connectivity index (χ1v) is 1.99. The average Bonchev–Trinajstić information content (AvgIpc) is 2.12. The molecule has 1 N–H and O–H groups in total. The highest BCUT2D eigenvalue weighted by atomic mass is 16.6. The first kappa shape index (κ1) is 5.02. The lowest BCUT2D eigenvalue weighted by molar-refractivity contribution is -0.349. The van der Waals surface area contributed by atoms with Crippen molar-refractivity contribution in [3.63, 3.8) is 0 Å². The molecular formula is C3H3N3O2. The van der Waals surface area contributed by atoms with E-state index in [-0.39, 0.29) is 5.84 Å². The molecule has 1 aliphatic rings. The number of amidine groups is 1. The van der Waals surface area contributed by atoms with Crippen LogP contribution in [0.3, 0.4) is 0 Å². The molecule has 0 unspecified atom stereocenters. The quantitative estimate of drug-likeness (QED) is 0.332. The van der Waals surface area contributed by atoms with Crippen LogP contribution in [0.5, 0.6) is 0 Å². The van der Waals surface area contributed by atoms with Crippen molar-refractivity contribution in [2.75, 3.05) is 6.54 Å². The van der Waals surface area contributed by atoms with Gasteiger partial charge in [-0.1, -0.05) is 0 Å². The van der Waals surface area contributed by atoms with Gasteiger partial charge in [-0.05, 0) is 4.92 Å². The molecule has 1 aliphatic heterocycles. The van der Waals surface area contributed by atoms with Crippen LogP contribution in [0.4, 0.5) is 0 Å². The minimum Gasteiger partial charge on any atom is -0.358 e. The van der Waals surface area contributed by atoms with Gasteiger partial charge < -0.3 is 10.1 Å². The van der Waals surface area contributed by atoms with E-state index in [0.29, 0.717) is 6.54 Å². The van der Waals surface area contributed by atoms with Gasteiger partial charge in [0.25, 0.3) is 0 Å². The fraction of sp³-hybridized carbons (Fsp3) is 0.333. The number of hydrogen-bond donors (Lipinski definition) is 1. The summed E-state index contributed by atoms with van der Waals surface area (Å²) in [5.41, 5.74) is 2.39. The summed E-state index contributed by atoms with van der Waals surface area (Å²) in [6, 6.07) is 0. The molecule has 8 heavy (non-hydrogen) atoms. The highest BCUT2D eigenvalue weighted by Crippen LogP contribution is 1.90. The molecule has 2 radical (unpaired) electrons. The van der Waals surface area contributed by atoms with Crippen molar-refractivity contribution in [3.8, 4) is 0 Å². The van der Waals surface area contributed by atoms with Crippen LogP contribution in [-0.2, 0) is 0 Å². The Labute approximate surface area is 45.5 Å². The van der Waals surface area contributed by atoms with Crippen LogP contribution in [0, 0.1) is 16.5 Å². The molecule has 0 bridgehead atoms. The topological polar surface area (TPSA) is 67.5 Å². The van der Waals surface area contributed by atoms with Crippen molar-refractivity contribution in [2.45, 2.75) is 0 Å². The second-order valence-corrected chi connectivity index (χ2v) is 1.20.